The second kappa shape index (κ2) is 6.36. The van der Waals surface area contributed by atoms with E-state index in [-0.39, 0.29) is 31.0 Å². The number of fused-ring (bicyclic) bond motifs is 1. The highest BCUT2D eigenvalue weighted by Crippen LogP contribution is 2.33. The van der Waals surface area contributed by atoms with Gasteiger partial charge in [-0.25, -0.2) is 0 Å². The maximum atomic E-state index is 11.6. The van der Waals surface area contributed by atoms with Crippen LogP contribution in [0.5, 0.6) is 5.75 Å². The monoisotopic (exact) mass is 292 g/mol. The lowest BCUT2D eigenvalue weighted by atomic mass is 10.1. The van der Waals surface area contributed by atoms with Crippen molar-refractivity contribution in [2.45, 2.75) is 26.5 Å². The van der Waals surface area contributed by atoms with Crippen LogP contribution >= 0.6 is 0 Å². The van der Waals surface area contributed by atoms with Crippen LogP contribution in [0.2, 0.25) is 0 Å². The van der Waals surface area contributed by atoms with E-state index < -0.39 is 4.92 Å². The van der Waals surface area contributed by atoms with Gasteiger partial charge >= 0.3 is 0 Å². The second-order valence-electron chi connectivity index (χ2n) is 4.89. The van der Waals surface area contributed by atoms with Crippen molar-refractivity contribution in [1.82, 2.24) is 5.32 Å². The summed E-state index contributed by atoms with van der Waals surface area (Å²) in [7, 11) is 0. The maximum absolute atomic E-state index is 11.6. The Morgan fingerprint density at radius 3 is 2.90 bits per heavy atom. The normalized spacial score (nSPS) is 13.9. The summed E-state index contributed by atoms with van der Waals surface area (Å²) >= 11 is 0. The predicted octanol–water partition coefficient (Wildman–Crippen LogP) is 2.00. The molecule has 7 nitrogen and oxygen atoms in total. The Morgan fingerprint density at radius 1 is 1.48 bits per heavy atom. The van der Waals surface area contributed by atoms with Gasteiger partial charge in [-0.3, -0.25) is 14.9 Å². The molecule has 1 aromatic carbocycles. The van der Waals surface area contributed by atoms with Crippen LogP contribution in [0.3, 0.4) is 0 Å². The van der Waals surface area contributed by atoms with Crippen molar-refractivity contribution >= 4 is 17.7 Å². The molecule has 0 saturated carbocycles. The Kier molecular flexibility index (Phi) is 4.54. The molecule has 0 unspecified atom stereocenters. The van der Waals surface area contributed by atoms with Crippen LogP contribution < -0.4 is 10.1 Å². The van der Waals surface area contributed by atoms with Gasteiger partial charge in [0.2, 0.25) is 5.91 Å². The minimum absolute atomic E-state index is 0.0193. The average molecular weight is 292 g/mol. The van der Waals surface area contributed by atoms with Gasteiger partial charge in [0.15, 0.2) is 6.79 Å². The standard InChI is InChI=1S/C14H16N2O5/c1-9(2)15-13(17)4-3-10-5-12(16(18)19)6-11-7-20-8-21-14(10)11/h3-6,9H,7-8H2,1-2H3,(H,15,17)/b4-3+. The third-order valence-corrected chi connectivity index (χ3v) is 2.78. The van der Waals surface area contributed by atoms with Crippen molar-refractivity contribution in [3.05, 3.63) is 39.4 Å². The molecule has 0 aromatic heterocycles. The number of amides is 1. The van der Waals surface area contributed by atoms with E-state index in [1.807, 2.05) is 13.8 Å². The van der Waals surface area contributed by atoms with Gasteiger partial charge in [-0.1, -0.05) is 0 Å². The van der Waals surface area contributed by atoms with Gasteiger partial charge in [0, 0.05) is 35.4 Å². The molecule has 0 spiro atoms. The van der Waals surface area contributed by atoms with E-state index in [2.05, 4.69) is 5.32 Å². The summed E-state index contributed by atoms with van der Waals surface area (Å²) in [4.78, 5) is 22.1. The lowest BCUT2D eigenvalue weighted by molar-refractivity contribution is -0.385. The molecule has 0 aliphatic carbocycles. The summed E-state index contributed by atoms with van der Waals surface area (Å²) in [5, 5.41) is 13.6. The zero-order valence-electron chi connectivity index (χ0n) is 11.8. The van der Waals surface area contributed by atoms with Crippen molar-refractivity contribution in [1.29, 1.82) is 0 Å². The number of hydrogen-bond acceptors (Lipinski definition) is 5. The molecule has 0 atom stereocenters. The molecule has 1 aromatic rings. The van der Waals surface area contributed by atoms with E-state index in [0.717, 1.165) is 0 Å². The lowest BCUT2D eigenvalue weighted by Gasteiger charge is -2.19. The molecule has 0 bridgehead atoms. The molecule has 1 aliphatic heterocycles. The Bertz CT molecular complexity index is 595. The van der Waals surface area contributed by atoms with Crippen molar-refractivity contribution in [3.8, 4) is 5.75 Å². The Hall–Kier alpha value is -2.41. The highest BCUT2D eigenvalue weighted by molar-refractivity contribution is 5.92. The number of nitro benzene ring substituents is 1. The minimum Gasteiger partial charge on any atom is -0.467 e. The van der Waals surface area contributed by atoms with Gasteiger partial charge < -0.3 is 14.8 Å². The first-order chi connectivity index (χ1) is 9.97. The van der Waals surface area contributed by atoms with Gasteiger partial charge in [0.1, 0.15) is 5.75 Å². The highest BCUT2D eigenvalue weighted by atomic mass is 16.7. The number of nitrogens with one attached hydrogen (secondary N) is 1. The smallest absolute Gasteiger partial charge is 0.270 e. The fourth-order valence-corrected chi connectivity index (χ4v) is 1.96. The van der Waals surface area contributed by atoms with Crippen LogP contribution in [0.4, 0.5) is 5.69 Å². The van der Waals surface area contributed by atoms with Crippen LogP contribution in [0.15, 0.2) is 18.2 Å². The topological polar surface area (TPSA) is 90.7 Å². The zero-order valence-corrected chi connectivity index (χ0v) is 11.8. The molecular weight excluding hydrogens is 276 g/mol. The summed E-state index contributed by atoms with van der Waals surface area (Å²) in [5.41, 5.74) is 1.02. The third-order valence-electron chi connectivity index (χ3n) is 2.78. The SMILES string of the molecule is CC(C)NC(=O)/C=C/c1cc([N+](=O)[O-])cc2c1OCOC2. The summed E-state index contributed by atoms with van der Waals surface area (Å²) in [5.74, 6) is 0.248. The summed E-state index contributed by atoms with van der Waals surface area (Å²) < 4.78 is 10.5. The highest BCUT2D eigenvalue weighted by Gasteiger charge is 2.19. The molecule has 1 amide bonds. The Labute approximate surface area is 121 Å². The molecule has 112 valence electrons. The van der Waals surface area contributed by atoms with Crippen molar-refractivity contribution in [2.75, 3.05) is 6.79 Å². The Morgan fingerprint density at radius 2 is 2.24 bits per heavy atom. The molecule has 1 aliphatic rings. The van der Waals surface area contributed by atoms with Crippen LogP contribution in [0.25, 0.3) is 6.08 Å². The van der Waals surface area contributed by atoms with E-state index in [0.29, 0.717) is 16.9 Å². The van der Waals surface area contributed by atoms with Crippen molar-refractivity contribution < 1.29 is 19.2 Å². The molecule has 2 rings (SSSR count). The van der Waals surface area contributed by atoms with Gasteiger partial charge in [-0.2, -0.15) is 0 Å². The summed E-state index contributed by atoms with van der Waals surface area (Å²) in [6.07, 6.45) is 2.84. The van der Waals surface area contributed by atoms with E-state index in [4.69, 9.17) is 9.47 Å². The molecule has 7 heteroatoms. The second-order valence-corrected chi connectivity index (χ2v) is 4.89. The minimum atomic E-state index is -0.486. The van der Waals surface area contributed by atoms with Crippen LogP contribution in [0, 0.1) is 10.1 Å². The Balaban J connectivity index is 2.33. The number of nitro groups is 1. The number of carbonyl (C=O) groups excluding carboxylic acids is 1. The quantitative estimate of drug-likeness (QED) is 0.520. The van der Waals surface area contributed by atoms with Crippen molar-refractivity contribution in [3.63, 3.8) is 0 Å². The number of ether oxygens (including phenoxy) is 2. The third kappa shape index (κ3) is 3.79. The number of nitrogens with zero attached hydrogens (tertiary/aromatic N) is 1. The van der Waals surface area contributed by atoms with Crippen molar-refractivity contribution in [2.24, 2.45) is 0 Å². The lowest BCUT2D eigenvalue weighted by Crippen LogP contribution is -2.28. The van der Waals surface area contributed by atoms with Crippen LogP contribution in [0.1, 0.15) is 25.0 Å². The summed E-state index contributed by atoms with van der Waals surface area (Å²) in [6.45, 7) is 4.03. The number of hydrogen-bond donors (Lipinski definition) is 1. The molecule has 0 saturated heterocycles. The average Bonchev–Trinajstić information content (AvgIpc) is 2.43. The molecular formula is C14H16N2O5. The van der Waals surface area contributed by atoms with E-state index >= 15 is 0 Å². The summed E-state index contributed by atoms with van der Waals surface area (Å²) in [6, 6.07) is 2.81. The molecule has 0 radical (unpaired) electrons. The fourth-order valence-electron chi connectivity index (χ4n) is 1.96. The van der Waals surface area contributed by atoms with E-state index in [9.17, 15) is 14.9 Å². The fraction of sp³-hybridized carbons (Fsp3) is 0.357. The molecule has 1 N–H and O–H groups in total. The molecule has 21 heavy (non-hydrogen) atoms. The van der Waals surface area contributed by atoms with Gasteiger partial charge in [0.25, 0.3) is 5.69 Å². The van der Waals surface area contributed by atoms with E-state index in [1.165, 1.54) is 24.3 Å². The first-order valence-electron chi connectivity index (χ1n) is 6.48. The van der Waals surface area contributed by atoms with E-state index in [1.54, 1.807) is 0 Å². The van der Waals surface area contributed by atoms with Gasteiger partial charge in [0.05, 0.1) is 11.5 Å². The number of non-ortho nitro benzene ring substituents is 1. The first kappa shape index (κ1) is 15.0. The van der Waals surface area contributed by atoms with Crippen LogP contribution in [-0.4, -0.2) is 23.7 Å². The molecule has 0 fully saturated rings. The van der Waals surface area contributed by atoms with Gasteiger partial charge in [-0.05, 0) is 19.9 Å². The largest absolute Gasteiger partial charge is 0.467 e. The number of carbonyl (C=O) groups is 1. The number of rotatable bonds is 4. The first-order valence-corrected chi connectivity index (χ1v) is 6.48. The van der Waals surface area contributed by atoms with Crippen LogP contribution in [-0.2, 0) is 16.1 Å². The zero-order chi connectivity index (χ0) is 15.4. The maximum Gasteiger partial charge on any atom is 0.270 e. The molecule has 1 heterocycles. The number of benzene rings is 1. The van der Waals surface area contributed by atoms with Gasteiger partial charge in [-0.15, -0.1) is 0 Å². The predicted molar refractivity (Wildman–Crippen MR) is 75.7 cm³/mol.